The summed E-state index contributed by atoms with van der Waals surface area (Å²) in [5.41, 5.74) is 5.01. The maximum atomic E-state index is 16.5. The molecule has 10 rings (SSSR count). The third-order valence-corrected chi connectivity index (χ3v) is 11.0. The van der Waals surface area contributed by atoms with Crippen LogP contribution in [-0.2, 0) is 6.18 Å². The number of rotatable bonds is 5. The summed E-state index contributed by atoms with van der Waals surface area (Å²) in [5, 5.41) is 23.0. The Hall–Kier alpha value is -8.08. The largest absolute Gasteiger partial charge is 0.420 e. The van der Waals surface area contributed by atoms with E-state index in [4.69, 9.17) is 0 Å². The van der Waals surface area contributed by atoms with Crippen LogP contribution in [0.2, 0.25) is 0 Å². The van der Waals surface area contributed by atoms with E-state index in [0.29, 0.717) is 72.7 Å². The maximum absolute atomic E-state index is 16.5. The molecule has 0 saturated heterocycles. The fraction of sp³-hybridized carbons (Fsp3) is 0.0600. The van der Waals surface area contributed by atoms with Gasteiger partial charge in [0.05, 0.1) is 56.7 Å². The first-order valence-corrected chi connectivity index (χ1v) is 19.1. The van der Waals surface area contributed by atoms with Gasteiger partial charge in [0.25, 0.3) is 0 Å². The number of nitriles is 2. The predicted molar refractivity (Wildman–Crippen MR) is 229 cm³/mol. The van der Waals surface area contributed by atoms with E-state index in [-0.39, 0.29) is 17.2 Å². The quantitative estimate of drug-likeness (QED) is 0.173. The van der Waals surface area contributed by atoms with E-state index >= 15 is 13.2 Å². The lowest BCUT2D eigenvalue weighted by molar-refractivity contribution is -0.137. The molecule has 0 amide bonds. The number of fused-ring (bicyclic) bond motifs is 6. The molecule has 60 heavy (non-hydrogen) atoms. The number of benzene rings is 7. The average molecular weight is 786 g/mol. The minimum absolute atomic E-state index is 0.125. The van der Waals surface area contributed by atoms with Crippen molar-refractivity contribution < 1.29 is 13.2 Å². The van der Waals surface area contributed by atoms with Gasteiger partial charge in [0, 0.05) is 27.1 Å². The van der Waals surface area contributed by atoms with E-state index in [9.17, 15) is 10.5 Å². The van der Waals surface area contributed by atoms with Crippen molar-refractivity contribution in [3.63, 3.8) is 0 Å². The van der Waals surface area contributed by atoms with Gasteiger partial charge in [-0.15, -0.1) is 0 Å². The molecule has 0 spiro atoms. The highest BCUT2D eigenvalue weighted by atomic mass is 19.4. The van der Waals surface area contributed by atoms with Crippen LogP contribution in [0, 0.1) is 36.5 Å². The van der Waals surface area contributed by atoms with Crippen LogP contribution in [0.15, 0.2) is 146 Å². The van der Waals surface area contributed by atoms with Gasteiger partial charge >= 0.3 is 6.18 Å². The number of halogens is 3. The lowest BCUT2D eigenvalue weighted by Gasteiger charge is -2.23. The molecule has 0 fully saturated rings. The Labute approximate surface area is 341 Å². The van der Waals surface area contributed by atoms with Crippen molar-refractivity contribution in [3.05, 3.63) is 174 Å². The maximum Gasteiger partial charge on any atom is 0.420 e. The Morgan fingerprint density at radius 3 is 1.33 bits per heavy atom. The van der Waals surface area contributed by atoms with Gasteiger partial charge < -0.3 is 9.13 Å². The van der Waals surface area contributed by atoms with Crippen LogP contribution in [0.1, 0.15) is 28.3 Å². The lowest BCUT2D eigenvalue weighted by atomic mass is 9.99. The molecule has 0 aliphatic carbocycles. The first-order chi connectivity index (χ1) is 29.1. The van der Waals surface area contributed by atoms with Crippen molar-refractivity contribution in [1.82, 2.24) is 24.1 Å². The van der Waals surface area contributed by atoms with E-state index in [1.165, 1.54) is 12.1 Å². The standard InChI is InChI=1S/C50H30F3N7/c1-29-56-30(2)58-49(57-29)35-25-46(59-42-17-9-7-15-38(42)40-21-19-31(23-44(40)59)36-13-5-3-11-33(36)27-54)48(50(51,52)53)47(26-35)60-43-18-10-8-16-39(43)41-22-20-32(24-45(41)60)37-14-6-4-12-34(37)28-55/h3-26H,1-2H3. The molecule has 0 saturated carbocycles. The fourth-order valence-corrected chi connectivity index (χ4v) is 8.59. The first kappa shape index (κ1) is 36.3. The summed E-state index contributed by atoms with van der Waals surface area (Å²) in [6.45, 7) is 3.45. The molecule has 3 heterocycles. The van der Waals surface area contributed by atoms with Crippen LogP contribution in [0.3, 0.4) is 0 Å². The van der Waals surface area contributed by atoms with Crippen molar-refractivity contribution in [1.29, 1.82) is 10.5 Å². The van der Waals surface area contributed by atoms with Gasteiger partial charge in [0.15, 0.2) is 5.82 Å². The minimum Gasteiger partial charge on any atom is -0.309 e. The molecular formula is C50H30F3N7. The van der Waals surface area contributed by atoms with Gasteiger partial charge in [-0.25, -0.2) is 15.0 Å². The monoisotopic (exact) mass is 785 g/mol. The summed E-state index contributed by atoms with van der Waals surface area (Å²) < 4.78 is 52.8. The van der Waals surface area contributed by atoms with Gasteiger partial charge in [-0.05, 0) is 84.6 Å². The number of hydrogen-bond donors (Lipinski definition) is 0. The highest BCUT2D eigenvalue weighted by Crippen LogP contribution is 2.46. The smallest absolute Gasteiger partial charge is 0.309 e. The van der Waals surface area contributed by atoms with Gasteiger partial charge in [0.2, 0.25) is 0 Å². The topological polar surface area (TPSA) is 96.1 Å². The predicted octanol–water partition coefficient (Wildman–Crippen LogP) is 12.4. The van der Waals surface area contributed by atoms with Crippen LogP contribution in [0.5, 0.6) is 0 Å². The van der Waals surface area contributed by atoms with E-state index in [1.807, 2.05) is 109 Å². The minimum atomic E-state index is -4.89. The van der Waals surface area contributed by atoms with Crippen LogP contribution in [0.25, 0.3) is 88.6 Å². The highest BCUT2D eigenvalue weighted by Gasteiger charge is 2.40. The molecule has 286 valence electrons. The van der Waals surface area contributed by atoms with Crippen molar-refractivity contribution >= 4 is 43.6 Å². The molecule has 0 aliphatic heterocycles. The third kappa shape index (κ3) is 5.77. The first-order valence-electron chi connectivity index (χ1n) is 19.1. The second kappa shape index (κ2) is 13.8. The Morgan fingerprint density at radius 1 is 0.467 bits per heavy atom. The zero-order valence-corrected chi connectivity index (χ0v) is 32.1. The number of nitrogens with zero attached hydrogens (tertiary/aromatic N) is 7. The Bertz CT molecular complexity index is 3270. The van der Waals surface area contributed by atoms with E-state index in [1.54, 1.807) is 47.2 Å². The molecule has 7 nitrogen and oxygen atoms in total. The number of alkyl halides is 3. The fourth-order valence-electron chi connectivity index (χ4n) is 8.59. The molecule has 0 unspecified atom stereocenters. The Kier molecular flexibility index (Phi) is 8.34. The molecule has 0 aliphatic rings. The van der Waals surface area contributed by atoms with Crippen LogP contribution in [-0.4, -0.2) is 24.1 Å². The van der Waals surface area contributed by atoms with Crippen molar-refractivity contribution in [2.24, 2.45) is 0 Å². The van der Waals surface area contributed by atoms with E-state index in [0.717, 1.165) is 21.5 Å². The van der Waals surface area contributed by atoms with Crippen LogP contribution in [0.4, 0.5) is 13.2 Å². The lowest BCUT2D eigenvalue weighted by Crippen LogP contribution is -2.16. The Balaban J connectivity index is 1.38. The molecule has 0 bridgehead atoms. The number of aromatic nitrogens is 5. The molecule has 0 N–H and O–H groups in total. The van der Waals surface area contributed by atoms with Gasteiger partial charge in [0.1, 0.15) is 17.2 Å². The van der Waals surface area contributed by atoms with Crippen molar-refractivity contribution in [3.8, 4) is 57.2 Å². The zero-order chi connectivity index (χ0) is 41.3. The van der Waals surface area contributed by atoms with Crippen LogP contribution < -0.4 is 0 Å². The molecule has 10 aromatic rings. The highest BCUT2D eigenvalue weighted by molar-refractivity contribution is 6.12. The molecular weight excluding hydrogens is 756 g/mol. The Morgan fingerprint density at radius 2 is 0.883 bits per heavy atom. The zero-order valence-electron chi connectivity index (χ0n) is 32.1. The summed E-state index contributed by atoms with van der Waals surface area (Å²) >= 11 is 0. The van der Waals surface area contributed by atoms with Gasteiger partial charge in [-0.1, -0.05) is 97.1 Å². The summed E-state index contributed by atoms with van der Waals surface area (Å²) in [7, 11) is 0. The summed E-state index contributed by atoms with van der Waals surface area (Å²) in [5.74, 6) is 1.08. The molecule has 7 aromatic carbocycles. The van der Waals surface area contributed by atoms with Gasteiger partial charge in [-0.3, -0.25) is 0 Å². The average Bonchev–Trinajstić information content (AvgIpc) is 3.77. The molecule has 0 radical (unpaired) electrons. The molecule has 10 heteroatoms. The van der Waals surface area contributed by atoms with Crippen molar-refractivity contribution in [2.45, 2.75) is 20.0 Å². The SMILES string of the molecule is Cc1nc(C)nc(-c2cc(-n3c4ccccc4c4ccc(-c5ccccc5C#N)cc43)c(C(F)(F)F)c(-n3c4ccccc4c4ccc(-c5ccccc5C#N)cc43)c2)n1. The number of aryl methyl sites for hydroxylation is 2. The second-order valence-electron chi connectivity index (χ2n) is 14.6. The molecule has 0 atom stereocenters. The molecule has 3 aromatic heterocycles. The second-order valence-corrected chi connectivity index (χ2v) is 14.6. The summed E-state index contributed by atoms with van der Waals surface area (Å²) in [6, 6.07) is 48.0. The summed E-state index contributed by atoms with van der Waals surface area (Å²) in [6.07, 6.45) is -4.89. The van der Waals surface area contributed by atoms with Gasteiger partial charge in [-0.2, -0.15) is 23.7 Å². The number of para-hydroxylation sites is 2. The third-order valence-electron chi connectivity index (χ3n) is 11.0. The summed E-state index contributed by atoms with van der Waals surface area (Å²) in [4.78, 5) is 13.7. The van der Waals surface area contributed by atoms with Crippen molar-refractivity contribution in [2.75, 3.05) is 0 Å². The van der Waals surface area contributed by atoms with E-state index in [2.05, 4.69) is 27.1 Å². The van der Waals surface area contributed by atoms with Crippen LogP contribution >= 0.6 is 0 Å². The normalized spacial score (nSPS) is 11.7. The van der Waals surface area contributed by atoms with E-state index < -0.39 is 11.7 Å². The number of hydrogen-bond acceptors (Lipinski definition) is 5.